The third kappa shape index (κ3) is 1.74. The molecule has 3 saturated heterocycles. The first-order valence-corrected chi connectivity index (χ1v) is 6.43. The second kappa shape index (κ2) is 4.00. The first-order chi connectivity index (χ1) is 7.74. The molecular weight excluding hydrogens is 204 g/mol. The van der Waals surface area contributed by atoms with Gasteiger partial charge >= 0.3 is 0 Å². The van der Waals surface area contributed by atoms with Gasteiger partial charge in [-0.25, -0.2) is 0 Å². The van der Waals surface area contributed by atoms with Crippen molar-refractivity contribution in [3.8, 4) is 0 Å². The van der Waals surface area contributed by atoms with E-state index in [9.17, 15) is 4.79 Å². The third-order valence-electron chi connectivity index (χ3n) is 4.25. The Kier molecular flexibility index (Phi) is 2.64. The number of ether oxygens (including phenoxy) is 1. The minimum atomic E-state index is 0.0131. The van der Waals surface area contributed by atoms with Crippen LogP contribution in [0.5, 0.6) is 0 Å². The van der Waals surface area contributed by atoms with Crippen molar-refractivity contribution in [3.05, 3.63) is 0 Å². The van der Waals surface area contributed by atoms with E-state index in [-0.39, 0.29) is 24.1 Å². The highest BCUT2D eigenvalue weighted by atomic mass is 16.5. The molecule has 0 radical (unpaired) electrons. The van der Waals surface area contributed by atoms with Crippen LogP contribution in [0.3, 0.4) is 0 Å². The fourth-order valence-corrected chi connectivity index (χ4v) is 3.25. The van der Waals surface area contributed by atoms with E-state index in [0.717, 1.165) is 25.8 Å². The van der Waals surface area contributed by atoms with E-state index in [1.54, 1.807) is 0 Å². The Morgan fingerprint density at radius 3 is 2.81 bits per heavy atom. The molecule has 0 saturated carbocycles. The van der Waals surface area contributed by atoms with E-state index in [4.69, 9.17) is 4.74 Å². The van der Waals surface area contributed by atoms with Crippen molar-refractivity contribution in [1.82, 2.24) is 10.6 Å². The van der Waals surface area contributed by atoms with E-state index in [2.05, 4.69) is 17.6 Å². The number of carbonyl (C=O) groups is 1. The Morgan fingerprint density at radius 1 is 1.38 bits per heavy atom. The Bertz CT molecular complexity index is 295. The van der Waals surface area contributed by atoms with Crippen molar-refractivity contribution in [2.75, 3.05) is 6.54 Å². The van der Waals surface area contributed by atoms with Crippen LogP contribution in [0.1, 0.15) is 32.6 Å². The second-order valence-corrected chi connectivity index (χ2v) is 5.42. The molecule has 3 rings (SSSR count). The Balaban J connectivity index is 1.56. The van der Waals surface area contributed by atoms with Gasteiger partial charge < -0.3 is 15.4 Å². The fraction of sp³-hybridized carbons (Fsp3) is 0.917. The minimum Gasteiger partial charge on any atom is -0.373 e. The lowest BCUT2D eigenvalue weighted by atomic mass is 9.94. The molecule has 2 N–H and O–H groups in total. The largest absolute Gasteiger partial charge is 0.373 e. The highest BCUT2D eigenvalue weighted by Crippen LogP contribution is 2.34. The first-order valence-electron chi connectivity index (χ1n) is 6.43. The van der Waals surface area contributed by atoms with E-state index in [0.29, 0.717) is 12.0 Å². The highest BCUT2D eigenvalue weighted by molar-refractivity contribution is 5.82. The van der Waals surface area contributed by atoms with Crippen LogP contribution in [0.15, 0.2) is 0 Å². The predicted molar refractivity (Wildman–Crippen MR) is 60.0 cm³/mol. The molecule has 3 aliphatic rings. The molecule has 4 heteroatoms. The fourth-order valence-electron chi connectivity index (χ4n) is 3.25. The van der Waals surface area contributed by atoms with Crippen LogP contribution in [0.25, 0.3) is 0 Å². The van der Waals surface area contributed by atoms with Crippen molar-refractivity contribution < 1.29 is 9.53 Å². The van der Waals surface area contributed by atoms with Gasteiger partial charge in [0.05, 0.1) is 24.3 Å². The number of nitrogens with one attached hydrogen (secondary N) is 2. The third-order valence-corrected chi connectivity index (χ3v) is 4.25. The van der Waals surface area contributed by atoms with Crippen LogP contribution in [0, 0.1) is 5.92 Å². The molecule has 16 heavy (non-hydrogen) atoms. The van der Waals surface area contributed by atoms with Gasteiger partial charge in [-0.1, -0.05) is 6.92 Å². The zero-order valence-electron chi connectivity index (χ0n) is 9.74. The van der Waals surface area contributed by atoms with E-state index in [1.807, 2.05) is 0 Å². The molecule has 5 atom stereocenters. The Hall–Kier alpha value is -0.610. The van der Waals surface area contributed by atoms with Crippen molar-refractivity contribution in [3.63, 3.8) is 0 Å². The molecule has 3 fully saturated rings. The minimum absolute atomic E-state index is 0.0131. The molecule has 4 nitrogen and oxygen atoms in total. The highest BCUT2D eigenvalue weighted by Gasteiger charge is 2.42. The molecule has 0 aliphatic carbocycles. The zero-order valence-corrected chi connectivity index (χ0v) is 9.74. The molecule has 0 aromatic carbocycles. The molecule has 90 valence electrons. The van der Waals surface area contributed by atoms with Gasteiger partial charge in [0.25, 0.3) is 0 Å². The van der Waals surface area contributed by atoms with E-state index in [1.165, 1.54) is 6.42 Å². The van der Waals surface area contributed by atoms with Crippen molar-refractivity contribution in [2.45, 2.75) is 56.9 Å². The van der Waals surface area contributed by atoms with E-state index < -0.39 is 0 Å². The summed E-state index contributed by atoms with van der Waals surface area (Å²) in [6.07, 6.45) is 5.09. The van der Waals surface area contributed by atoms with Crippen LogP contribution < -0.4 is 10.6 Å². The van der Waals surface area contributed by atoms with Gasteiger partial charge in [0, 0.05) is 0 Å². The molecule has 3 aliphatic heterocycles. The maximum absolute atomic E-state index is 12.1. The van der Waals surface area contributed by atoms with Crippen LogP contribution >= 0.6 is 0 Å². The van der Waals surface area contributed by atoms with Gasteiger partial charge in [-0.3, -0.25) is 4.79 Å². The number of fused-ring (bicyclic) bond motifs is 2. The van der Waals surface area contributed by atoms with Gasteiger partial charge in [0.2, 0.25) is 5.91 Å². The summed E-state index contributed by atoms with van der Waals surface area (Å²) in [5, 5.41) is 6.43. The molecular formula is C12H20N2O2. The second-order valence-electron chi connectivity index (χ2n) is 5.42. The van der Waals surface area contributed by atoms with Crippen LogP contribution in [0.2, 0.25) is 0 Å². The summed E-state index contributed by atoms with van der Waals surface area (Å²) in [4.78, 5) is 12.1. The van der Waals surface area contributed by atoms with Crippen LogP contribution in [-0.4, -0.2) is 36.7 Å². The SMILES string of the molecule is CC1CCNC1C(=O)NC1CC2CCC1O2. The Labute approximate surface area is 96.1 Å². The number of hydrogen-bond acceptors (Lipinski definition) is 3. The predicted octanol–water partition coefficient (Wildman–Crippen LogP) is 0.420. The number of amides is 1. The Morgan fingerprint density at radius 2 is 2.25 bits per heavy atom. The van der Waals surface area contributed by atoms with Gasteiger partial charge in [-0.15, -0.1) is 0 Å². The first kappa shape index (κ1) is 10.5. The maximum Gasteiger partial charge on any atom is 0.237 e. The maximum atomic E-state index is 12.1. The lowest BCUT2D eigenvalue weighted by Gasteiger charge is -2.23. The molecule has 2 bridgehead atoms. The average Bonchev–Trinajstić information content (AvgIpc) is 2.92. The monoisotopic (exact) mass is 224 g/mol. The van der Waals surface area contributed by atoms with E-state index >= 15 is 0 Å². The molecule has 1 amide bonds. The lowest BCUT2D eigenvalue weighted by Crippen LogP contribution is -2.50. The van der Waals surface area contributed by atoms with Gasteiger partial charge in [-0.05, 0) is 38.1 Å². The summed E-state index contributed by atoms with van der Waals surface area (Å²) in [6, 6.07) is 0.278. The van der Waals surface area contributed by atoms with Gasteiger partial charge in [0.1, 0.15) is 0 Å². The summed E-state index contributed by atoms with van der Waals surface area (Å²) < 4.78 is 5.74. The smallest absolute Gasteiger partial charge is 0.237 e. The number of carbonyl (C=O) groups excluding carboxylic acids is 1. The zero-order chi connectivity index (χ0) is 11.1. The quantitative estimate of drug-likeness (QED) is 0.715. The summed E-state index contributed by atoms with van der Waals surface area (Å²) >= 11 is 0. The summed E-state index contributed by atoms with van der Waals surface area (Å²) in [7, 11) is 0. The molecule has 0 aromatic heterocycles. The van der Waals surface area contributed by atoms with Gasteiger partial charge in [0.15, 0.2) is 0 Å². The summed E-state index contributed by atoms with van der Waals surface area (Å²) in [6.45, 7) is 3.11. The number of hydrogen-bond donors (Lipinski definition) is 2. The number of rotatable bonds is 2. The summed E-state index contributed by atoms with van der Waals surface area (Å²) in [5.41, 5.74) is 0. The van der Waals surface area contributed by atoms with Crippen LogP contribution in [0.4, 0.5) is 0 Å². The average molecular weight is 224 g/mol. The molecule has 0 spiro atoms. The summed E-state index contributed by atoms with van der Waals surface area (Å²) in [5.74, 6) is 0.630. The van der Waals surface area contributed by atoms with Crippen molar-refractivity contribution in [2.24, 2.45) is 5.92 Å². The lowest BCUT2D eigenvalue weighted by molar-refractivity contribution is -0.124. The molecule has 3 heterocycles. The van der Waals surface area contributed by atoms with Gasteiger partial charge in [-0.2, -0.15) is 0 Å². The van der Waals surface area contributed by atoms with Crippen LogP contribution in [-0.2, 0) is 9.53 Å². The standard InChI is InChI=1S/C12H20N2O2/c1-7-4-5-13-11(7)12(15)14-9-6-8-2-3-10(9)16-8/h7-11,13H,2-6H2,1H3,(H,14,15). The van der Waals surface area contributed by atoms with Crippen molar-refractivity contribution >= 4 is 5.91 Å². The topological polar surface area (TPSA) is 50.4 Å². The molecule has 5 unspecified atom stereocenters. The normalized spacial score (nSPS) is 46.2. The molecule has 0 aromatic rings. The van der Waals surface area contributed by atoms with Crippen molar-refractivity contribution in [1.29, 1.82) is 0 Å².